The maximum Gasteiger partial charge on any atom is 0.272 e. The molecule has 1 aromatic heterocycles. The van der Waals surface area contributed by atoms with Gasteiger partial charge in [-0.15, -0.1) is 0 Å². The van der Waals surface area contributed by atoms with Gasteiger partial charge in [0.1, 0.15) is 5.69 Å². The molecule has 5 heteroatoms. The van der Waals surface area contributed by atoms with E-state index in [2.05, 4.69) is 11.9 Å². The molecule has 1 fully saturated rings. The molecule has 0 unspecified atom stereocenters. The molecule has 4 nitrogen and oxygen atoms in total. The lowest BCUT2D eigenvalue weighted by Gasteiger charge is -2.20. The molecular formula is C15H21ClN2O2. The van der Waals surface area contributed by atoms with Crippen molar-refractivity contribution in [1.29, 1.82) is 0 Å². The van der Waals surface area contributed by atoms with Gasteiger partial charge in [-0.2, -0.15) is 0 Å². The standard InChI is InChI=1S/C15H21ClN2O2/c1-2-10-20-13-4-3-8-18(9-6-13)15(19)14-11-12(16)5-7-17-14/h5,7,11,13H,2-4,6,8-10H2,1H3/t13-/m0/s1. The Balaban J connectivity index is 1.94. The van der Waals surface area contributed by atoms with Crippen LogP contribution < -0.4 is 0 Å². The lowest BCUT2D eigenvalue weighted by Crippen LogP contribution is -2.32. The highest BCUT2D eigenvalue weighted by atomic mass is 35.5. The van der Waals surface area contributed by atoms with Crippen molar-refractivity contribution in [3.05, 3.63) is 29.0 Å². The number of likely N-dealkylation sites (tertiary alicyclic amines) is 1. The summed E-state index contributed by atoms with van der Waals surface area (Å²) in [6.07, 6.45) is 5.77. The first-order valence-electron chi connectivity index (χ1n) is 7.23. The highest BCUT2D eigenvalue weighted by Gasteiger charge is 2.22. The molecule has 2 rings (SSSR count). The largest absolute Gasteiger partial charge is 0.378 e. The minimum absolute atomic E-state index is 0.0383. The lowest BCUT2D eigenvalue weighted by atomic mass is 10.2. The minimum Gasteiger partial charge on any atom is -0.378 e. The first-order chi connectivity index (χ1) is 9.70. The van der Waals surface area contributed by atoms with Crippen molar-refractivity contribution in [2.75, 3.05) is 19.7 Å². The van der Waals surface area contributed by atoms with Crippen LogP contribution in [0.25, 0.3) is 0 Å². The van der Waals surface area contributed by atoms with Gasteiger partial charge in [0.05, 0.1) is 6.10 Å². The van der Waals surface area contributed by atoms with Crippen LogP contribution in [0, 0.1) is 0 Å². The monoisotopic (exact) mass is 296 g/mol. The van der Waals surface area contributed by atoms with Crippen LogP contribution in [0.4, 0.5) is 0 Å². The lowest BCUT2D eigenvalue weighted by molar-refractivity contribution is 0.0432. The molecule has 2 heterocycles. The number of aromatic nitrogens is 1. The number of carbonyl (C=O) groups excluding carboxylic acids is 1. The number of halogens is 1. The third kappa shape index (κ3) is 4.18. The molecule has 1 aromatic rings. The van der Waals surface area contributed by atoms with Crippen LogP contribution in [0.15, 0.2) is 18.3 Å². The molecule has 20 heavy (non-hydrogen) atoms. The van der Waals surface area contributed by atoms with E-state index in [1.807, 2.05) is 4.90 Å². The zero-order valence-corrected chi connectivity index (χ0v) is 12.6. The third-order valence-electron chi connectivity index (χ3n) is 3.46. The van der Waals surface area contributed by atoms with Gasteiger partial charge in [-0.1, -0.05) is 18.5 Å². The van der Waals surface area contributed by atoms with Crippen LogP contribution in [0.2, 0.25) is 5.02 Å². The molecule has 1 aliphatic rings. The SMILES string of the molecule is CCCO[C@H]1CCCN(C(=O)c2cc(Cl)ccn2)CC1. The summed E-state index contributed by atoms with van der Waals surface area (Å²) in [5.74, 6) is -0.0383. The predicted molar refractivity (Wildman–Crippen MR) is 79.0 cm³/mol. The van der Waals surface area contributed by atoms with E-state index in [-0.39, 0.29) is 12.0 Å². The topological polar surface area (TPSA) is 42.4 Å². The molecule has 1 saturated heterocycles. The molecule has 0 saturated carbocycles. The summed E-state index contributed by atoms with van der Waals surface area (Å²) >= 11 is 5.91. The molecule has 0 radical (unpaired) electrons. The summed E-state index contributed by atoms with van der Waals surface area (Å²) in [5.41, 5.74) is 0.422. The van der Waals surface area contributed by atoms with E-state index >= 15 is 0 Å². The summed E-state index contributed by atoms with van der Waals surface area (Å²) in [7, 11) is 0. The summed E-state index contributed by atoms with van der Waals surface area (Å²) in [5, 5.41) is 0.544. The second-order valence-electron chi connectivity index (χ2n) is 5.08. The van der Waals surface area contributed by atoms with Gasteiger partial charge in [0, 0.05) is 30.9 Å². The van der Waals surface area contributed by atoms with Crippen molar-refractivity contribution in [1.82, 2.24) is 9.88 Å². The molecular weight excluding hydrogens is 276 g/mol. The third-order valence-corrected chi connectivity index (χ3v) is 3.70. The van der Waals surface area contributed by atoms with Crippen molar-refractivity contribution < 1.29 is 9.53 Å². The van der Waals surface area contributed by atoms with E-state index in [0.29, 0.717) is 10.7 Å². The zero-order chi connectivity index (χ0) is 14.4. The fourth-order valence-electron chi connectivity index (χ4n) is 2.40. The maximum atomic E-state index is 12.4. The molecule has 0 N–H and O–H groups in total. The van der Waals surface area contributed by atoms with E-state index in [1.165, 1.54) is 0 Å². The normalized spacial score (nSPS) is 19.7. The van der Waals surface area contributed by atoms with Crippen LogP contribution in [-0.4, -0.2) is 41.6 Å². The molecule has 1 amide bonds. The van der Waals surface area contributed by atoms with Crippen LogP contribution in [0.1, 0.15) is 43.1 Å². The van der Waals surface area contributed by atoms with E-state index < -0.39 is 0 Å². The van der Waals surface area contributed by atoms with Gasteiger partial charge in [0.2, 0.25) is 0 Å². The Hall–Kier alpha value is -1.13. The average Bonchev–Trinajstić information content (AvgIpc) is 2.70. The van der Waals surface area contributed by atoms with Gasteiger partial charge in [0.15, 0.2) is 0 Å². The Labute approximate surface area is 125 Å². The Bertz CT molecular complexity index is 453. The van der Waals surface area contributed by atoms with Gasteiger partial charge in [-0.05, 0) is 37.8 Å². The highest BCUT2D eigenvalue weighted by Crippen LogP contribution is 2.17. The first kappa shape index (κ1) is 15.3. The van der Waals surface area contributed by atoms with Gasteiger partial charge in [0.25, 0.3) is 5.91 Å². The quantitative estimate of drug-likeness (QED) is 0.857. The molecule has 0 spiro atoms. The fraction of sp³-hybridized carbons (Fsp3) is 0.600. The molecule has 0 aromatic carbocycles. The van der Waals surface area contributed by atoms with Crippen molar-refractivity contribution in [3.8, 4) is 0 Å². The van der Waals surface area contributed by atoms with Crippen LogP contribution in [-0.2, 0) is 4.74 Å². The first-order valence-corrected chi connectivity index (χ1v) is 7.61. The summed E-state index contributed by atoms with van der Waals surface area (Å²) in [6.45, 7) is 4.40. The molecule has 110 valence electrons. The van der Waals surface area contributed by atoms with Crippen molar-refractivity contribution in [3.63, 3.8) is 0 Å². The van der Waals surface area contributed by atoms with E-state index in [0.717, 1.165) is 45.4 Å². The fourth-order valence-corrected chi connectivity index (χ4v) is 2.56. The number of carbonyl (C=O) groups is 1. The van der Waals surface area contributed by atoms with Crippen molar-refractivity contribution in [2.24, 2.45) is 0 Å². The number of pyridine rings is 1. The Morgan fingerprint density at radius 2 is 2.35 bits per heavy atom. The summed E-state index contributed by atoms with van der Waals surface area (Å²) in [4.78, 5) is 18.4. The minimum atomic E-state index is -0.0383. The van der Waals surface area contributed by atoms with Crippen LogP contribution in [0.3, 0.4) is 0 Å². The van der Waals surface area contributed by atoms with Gasteiger partial charge < -0.3 is 9.64 Å². The van der Waals surface area contributed by atoms with E-state index in [4.69, 9.17) is 16.3 Å². The average molecular weight is 297 g/mol. The Morgan fingerprint density at radius 3 is 3.10 bits per heavy atom. The Kier molecular flexibility index (Phi) is 5.80. The van der Waals surface area contributed by atoms with Crippen molar-refractivity contribution >= 4 is 17.5 Å². The highest BCUT2D eigenvalue weighted by molar-refractivity contribution is 6.30. The van der Waals surface area contributed by atoms with Gasteiger partial charge in [-0.3, -0.25) is 9.78 Å². The Morgan fingerprint density at radius 1 is 1.50 bits per heavy atom. The predicted octanol–water partition coefficient (Wildman–Crippen LogP) is 3.16. The number of amides is 1. The molecule has 1 aliphatic heterocycles. The number of hydrogen-bond donors (Lipinski definition) is 0. The summed E-state index contributed by atoms with van der Waals surface area (Å²) in [6, 6.07) is 3.30. The number of hydrogen-bond acceptors (Lipinski definition) is 3. The van der Waals surface area contributed by atoms with Gasteiger partial charge in [-0.25, -0.2) is 0 Å². The second-order valence-corrected chi connectivity index (χ2v) is 5.51. The van der Waals surface area contributed by atoms with E-state index in [9.17, 15) is 4.79 Å². The van der Waals surface area contributed by atoms with Gasteiger partial charge >= 0.3 is 0 Å². The van der Waals surface area contributed by atoms with Crippen molar-refractivity contribution in [2.45, 2.75) is 38.7 Å². The molecule has 1 atom stereocenters. The molecule has 0 bridgehead atoms. The maximum absolute atomic E-state index is 12.4. The van der Waals surface area contributed by atoms with E-state index in [1.54, 1.807) is 18.3 Å². The number of nitrogens with zero attached hydrogens (tertiary/aromatic N) is 2. The smallest absolute Gasteiger partial charge is 0.272 e. The number of ether oxygens (including phenoxy) is 1. The zero-order valence-electron chi connectivity index (χ0n) is 11.8. The summed E-state index contributed by atoms with van der Waals surface area (Å²) < 4.78 is 5.79. The number of rotatable bonds is 4. The molecule has 0 aliphatic carbocycles. The van der Waals surface area contributed by atoms with Crippen LogP contribution >= 0.6 is 11.6 Å². The second kappa shape index (κ2) is 7.60. The van der Waals surface area contributed by atoms with Crippen LogP contribution in [0.5, 0.6) is 0 Å².